The molecule has 49 heavy (non-hydrogen) atoms. The van der Waals surface area contributed by atoms with Gasteiger partial charge < -0.3 is 35.4 Å². The van der Waals surface area contributed by atoms with Gasteiger partial charge in [0.05, 0.1) is 0 Å². The smallest absolute Gasteiger partial charge is 0.328 e. The summed E-state index contributed by atoms with van der Waals surface area (Å²) in [6.07, 6.45) is 7.97. The highest BCUT2D eigenvalue weighted by molar-refractivity contribution is 5.98. The molecule has 6 amide bonds. The van der Waals surface area contributed by atoms with Gasteiger partial charge in [-0.3, -0.25) is 28.8 Å². The summed E-state index contributed by atoms with van der Waals surface area (Å²) in [5.74, 6) is -4.16. The summed E-state index contributed by atoms with van der Waals surface area (Å²) in [6.45, 7) is 4.75. The highest BCUT2D eigenvalue weighted by Gasteiger charge is 2.43. The minimum Gasteiger partial charge on any atom is -0.461 e. The van der Waals surface area contributed by atoms with Gasteiger partial charge in [0.15, 0.2) is 0 Å². The number of cyclic esters (lactones) is 1. The van der Waals surface area contributed by atoms with Crippen LogP contribution in [0.5, 0.6) is 0 Å². The first kappa shape index (κ1) is 36.8. The molecule has 0 aliphatic carbocycles. The topological polar surface area (TPSA) is 175 Å². The lowest BCUT2D eigenvalue weighted by molar-refractivity contribution is -0.158. The third-order valence-corrected chi connectivity index (χ3v) is 9.14. The van der Waals surface area contributed by atoms with Gasteiger partial charge in [-0.25, -0.2) is 4.79 Å². The van der Waals surface area contributed by atoms with Crippen molar-refractivity contribution in [3.8, 4) is 0 Å². The summed E-state index contributed by atoms with van der Waals surface area (Å²) in [5, 5.41) is 8.03. The van der Waals surface area contributed by atoms with Crippen molar-refractivity contribution in [3.63, 3.8) is 0 Å². The normalized spacial score (nSPS) is 26.4. The Morgan fingerprint density at radius 2 is 1.59 bits per heavy atom. The quantitative estimate of drug-likeness (QED) is 0.209. The fourth-order valence-corrected chi connectivity index (χ4v) is 6.25. The molecule has 0 spiro atoms. The molecule has 3 fully saturated rings. The summed E-state index contributed by atoms with van der Waals surface area (Å²) in [5.41, 5.74) is 0.753. The molecule has 6 unspecified atom stereocenters. The van der Waals surface area contributed by atoms with Gasteiger partial charge in [0, 0.05) is 32.6 Å². The van der Waals surface area contributed by atoms with Crippen LogP contribution in [0, 0.1) is 0 Å². The van der Waals surface area contributed by atoms with E-state index >= 15 is 0 Å². The molecule has 264 valence electrons. The molecule has 3 heterocycles. The van der Waals surface area contributed by atoms with E-state index in [0.29, 0.717) is 25.7 Å². The second kappa shape index (κ2) is 16.9. The van der Waals surface area contributed by atoms with Crippen LogP contribution < -0.4 is 16.0 Å². The predicted molar refractivity (Wildman–Crippen MR) is 178 cm³/mol. The maximum atomic E-state index is 14.2. The summed E-state index contributed by atoms with van der Waals surface area (Å²) in [6, 6.07) is 2.68. The molecule has 1 aromatic rings. The van der Waals surface area contributed by atoms with Crippen molar-refractivity contribution in [1.29, 1.82) is 0 Å². The van der Waals surface area contributed by atoms with Crippen molar-refractivity contribution in [3.05, 3.63) is 60.2 Å². The third kappa shape index (κ3) is 9.12. The van der Waals surface area contributed by atoms with Gasteiger partial charge in [-0.1, -0.05) is 48.6 Å². The largest absolute Gasteiger partial charge is 0.461 e. The molecule has 3 N–H and O–H groups in total. The molecular weight excluding hydrogens is 632 g/mol. The average molecular weight is 679 g/mol. The number of hydrogen-bond acceptors (Lipinski definition) is 8. The number of hydrogen-bond donors (Lipinski definition) is 3. The van der Waals surface area contributed by atoms with Crippen LogP contribution in [0.25, 0.3) is 0 Å². The van der Waals surface area contributed by atoms with E-state index in [1.165, 1.54) is 47.7 Å². The fourth-order valence-electron chi connectivity index (χ4n) is 6.25. The highest BCUT2D eigenvalue weighted by Crippen LogP contribution is 2.23. The van der Waals surface area contributed by atoms with Gasteiger partial charge >= 0.3 is 5.97 Å². The second-order valence-corrected chi connectivity index (χ2v) is 12.6. The van der Waals surface area contributed by atoms with E-state index in [9.17, 15) is 33.6 Å². The van der Waals surface area contributed by atoms with Gasteiger partial charge in [-0.05, 0) is 52.0 Å². The molecule has 3 aliphatic heterocycles. The Balaban J connectivity index is 1.65. The Morgan fingerprint density at radius 1 is 0.939 bits per heavy atom. The van der Waals surface area contributed by atoms with Gasteiger partial charge in [0.1, 0.15) is 42.9 Å². The van der Waals surface area contributed by atoms with E-state index in [2.05, 4.69) is 16.0 Å². The first-order valence-electron chi connectivity index (χ1n) is 16.7. The summed E-state index contributed by atoms with van der Waals surface area (Å²) in [4.78, 5) is 98.2. The van der Waals surface area contributed by atoms with Gasteiger partial charge in [-0.15, -0.1) is 0 Å². The molecule has 3 saturated heterocycles. The number of ether oxygens (including phenoxy) is 1. The number of nitrogens with zero attached hydrogens (tertiary/aromatic N) is 3. The molecule has 14 nitrogen and oxygen atoms in total. The monoisotopic (exact) mass is 678 g/mol. The maximum Gasteiger partial charge on any atom is 0.328 e. The van der Waals surface area contributed by atoms with Crippen molar-refractivity contribution < 1.29 is 38.3 Å². The average Bonchev–Trinajstić information content (AvgIpc) is 3.79. The van der Waals surface area contributed by atoms with Crippen molar-refractivity contribution in [2.45, 2.75) is 89.1 Å². The molecule has 3 aliphatic rings. The highest BCUT2D eigenvalue weighted by atomic mass is 16.5. The lowest BCUT2D eigenvalue weighted by Gasteiger charge is -2.34. The van der Waals surface area contributed by atoms with Crippen LogP contribution in [-0.4, -0.2) is 119 Å². The molecule has 14 heteroatoms. The second-order valence-electron chi connectivity index (χ2n) is 12.6. The van der Waals surface area contributed by atoms with Crippen LogP contribution >= 0.6 is 0 Å². The lowest BCUT2D eigenvalue weighted by Crippen LogP contribution is -2.60. The number of benzene rings is 1. The Kier molecular flexibility index (Phi) is 12.7. The van der Waals surface area contributed by atoms with Crippen molar-refractivity contribution in [2.24, 2.45) is 0 Å². The number of carbonyl (C=O) groups is 7. The molecule has 6 atom stereocenters. The lowest BCUT2D eigenvalue weighted by atomic mass is 10.0. The van der Waals surface area contributed by atoms with Gasteiger partial charge in [0.25, 0.3) is 0 Å². The SMILES string of the molecule is CC=CC=CC(=O)NC(Cc1ccccc1)C(=O)NC1COC(=O)C2CCCN2C(=O)C(C)NC(=O)C(C)N(C)C(=O)C2CCCN2C1=O. The van der Waals surface area contributed by atoms with E-state index in [0.717, 1.165) is 5.56 Å². The Labute approximate surface area is 286 Å². The number of nitrogens with one attached hydrogen (secondary N) is 3. The van der Waals surface area contributed by atoms with E-state index in [4.69, 9.17) is 4.74 Å². The van der Waals surface area contributed by atoms with Gasteiger partial charge in [-0.2, -0.15) is 0 Å². The zero-order chi connectivity index (χ0) is 35.7. The fraction of sp³-hybridized carbons (Fsp3) is 0.514. The third-order valence-electron chi connectivity index (χ3n) is 9.14. The molecule has 0 saturated carbocycles. The Hall–Kier alpha value is -5.01. The van der Waals surface area contributed by atoms with Crippen molar-refractivity contribution >= 4 is 41.4 Å². The maximum absolute atomic E-state index is 14.2. The predicted octanol–water partition coefficient (Wildman–Crippen LogP) is 0.221. The van der Waals surface area contributed by atoms with Crippen LogP contribution in [0.1, 0.15) is 52.0 Å². The van der Waals surface area contributed by atoms with Gasteiger partial charge in [0.2, 0.25) is 35.4 Å². The number of esters is 1. The van der Waals surface area contributed by atoms with Crippen LogP contribution in [0.3, 0.4) is 0 Å². The Bertz CT molecular complexity index is 1480. The Morgan fingerprint density at radius 3 is 2.27 bits per heavy atom. The van der Waals surface area contributed by atoms with Crippen LogP contribution in [0.4, 0.5) is 0 Å². The molecule has 0 radical (unpaired) electrons. The standard InChI is InChI=1S/C35H46N6O8/c1-5-6-8-17-29(42)37-25(20-24-13-9-7-10-14-24)31(44)38-26-21-49-35(48)28-16-12-19-41(28)32(45)22(2)36-30(43)23(3)39(4)34(47)27-15-11-18-40(27)33(26)46/h5-10,13-14,17,22-23,25-28H,11-12,15-16,18-21H2,1-4H3,(H,36,43)(H,37,42)(H,38,44). The first-order valence-corrected chi connectivity index (χ1v) is 16.7. The summed E-state index contributed by atoms with van der Waals surface area (Å²) in [7, 11) is 1.46. The minimum absolute atomic E-state index is 0.101. The van der Waals surface area contributed by atoms with E-state index < -0.39 is 84.3 Å². The molecule has 0 bridgehead atoms. The zero-order valence-corrected chi connectivity index (χ0v) is 28.4. The van der Waals surface area contributed by atoms with Crippen LogP contribution in [0.2, 0.25) is 0 Å². The first-order chi connectivity index (χ1) is 23.4. The number of fused-ring (bicyclic) bond motifs is 2. The molecule has 0 aromatic heterocycles. The number of allylic oxidation sites excluding steroid dienone is 3. The number of rotatable bonds is 7. The summed E-state index contributed by atoms with van der Waals surface area (Å²) < 4.78 is 5.62. The van der Waals surface area contributed by atoms with E-state index in [1.54, 1.807) is 43.3 Å². The summed E-state index contributed by atoms with van der Waals surface area (Å²) >= 11 is 0. The molecular formula is C35H46N6O8. The zero-order valence-electron chi connectivity index (χ0n) is 28.4. The van der Waals surface area contributed by atoms with E-state index in [-0.39, 0.29) is 19.5 Å². The van der Waals surface area contributed by atoms with Crippen molar-refractivity contribution in [1.82, 2.24) is 30.7 Å². The number of carbonyl (C=O) groups excluding carboxylic acids is 7. The van der Waals surface area contributed by atoms with Crippen LogP contribution in [-0.2, 0) is 44.7 Å². The van der Waals surface area contributed by atoms with Crippen LogP contribution in [0.15, 0.2) is 54.6 Å². The molecule has 1 aromatic carbocycles. The minimum atomic E-state index is -1.41. The number of likely N-dealkylation sites (N-methyl/N-ethyl adjacent to an activating group) is 1. The van der Waals surface area contributed by atoms with E-state index in [1.807, 2.05) is 6.07 Å². The number of amides is 6. The molecule has 4 rings (SSSR count). The van der Waals surface area contributed by atoms with Crippen molar-refractivity contribution in [2.75, 3.05) is 26.7 Å².